The second kappa shape index (κ2) is 11.1. The first-order chi connectivity index (χ1) is 15.4. The fraction of sp³-hybridized carbons (Fsp3) is 0.259. The van der Waals surface area contributed by atoms with Crippen LogP contribution >= 0.6 is 0 Å². The number of carbonyl (C=O) groups is 2. The minimum absolute atomic E-state index is 0.0252. The van der Waals surface area contributed by atoms with Gasteiger partial charge in [-0.2, -0.15) is 0 Å². The summed E-state index contributed by atoms with van der Waals surface area (Å²) >= 11 is 0. The molecule has 0 saturated carbocycles. The van der Waals surface area contributed by atoms with Gasteiger partial charge in [0.05, 0.1) is 13.0 Å². The highest BCUT2D eigenvalue weighted by Gasteiger charge is 2.18. The van der Waals surface area contributed by atoms with Crippen LogP contribution in [0.15, 0.2) is 84.9 Å². The number of hydrogen-bond acceptors (Lipinski definition) is 2. The van der Waals surface area contributed by atoms with Gasteiger partial charge in [0.2, 0.25) is 5.91 Å². The minimum Gasteiger partial charge on any atom is -0.341 e. The molecule has 0 fully saturated rings. The Morgan fingerprint density at radius 3 is 1.94 bits per heavy atom. The van der Waals surface area contributed by atoms with Crippen molar-refractivity contribution in [2.24, 2.45) is 0 Å². The zero-order chi connectivity index (χ0) is 22.9. The molecule has 3 rings (SSSR count). The van der Waals surface area contributed by atoms with E-state index < -0.39 is 0 Å². The van der Waals surface area contributed by atoms with Crippen molar-refractivity contribution in [2.45, 2.75) is 39.4 Å². The van der Waals surface area contributed by atoms with Crippen LogP contribution in [0, 0.1) is 0 Å². The average molecular weight is 430 g/mol. The van der Waals surface area contributed by atoms with Crippen LogP contribution in [-0.2, 0) is 24.3 Å². The lowest BCUT2D eigenvalue weighted by Gasteiger charge is -2.25. The number of likely N-dealkylation sites (N-methyl/N-ethyl adjacent to an activating group) is 1. The molecule has 0 heterocycles. The van der Waals surface area contributed by atoms with E-state index in [2.05, 4.69) is 5.32 Å². The summed E-state index contributed by atoms with van der Waals surface area (Å²) in [6.45, 7) is 4.90. The molecule has 3 aromatic carbocycles. The number of urea groups is 1. The van der Waals surface area contributed by atoms with Gasteiger partial charge in [0.15, 0.2) is 0 Å². The van der Waals surface area contributed by atoms with Crippen LogP contribution in [0.1, 0.15) is 30.5 Å². The maximum Gasteiger partial charge on any atom is 0.322 e. The third-order valence-corrected chi connectivity index (χ3v) is 5.11. The number of hydrogen-bond donors (Lipinski definition) is 1. The summed E-state index contributed by atoms with van der Waals surface area (Å²) in [6, 6.07) is 27.4. The van der Waals surface area contributed by atoms with Gasteiger partial charge < -0.3 is 10.2 Å². The highest BCUT2D eigenvalue weighted by Crippen LogP contribution is 2.20. The Labute approximate surface area is 190 Å². The molecule has 0 aliphatic rings. The quantitative estimate of drug-likeness (QED) is 0.547. The van der Waals surface area contributed by atoms with Crippen LogP contribution in [0.4, 0.5) is 10.5 Å². The first-order valence-corrected chi connectivity index (χ1v) is 10.9. The molecule has 5 heteroatoms. The third-order valence-electron chi connectivity index (χ3n) is 5.11. The van der Waals surface area contributed by atoms with Gasteiger partial charge in [-0.15, -0.1) is 0 Å². The Hall–Kier alpha value is -3.60. The number of benzene rings is 3. The molecular formula is C27H31N3O2. The van der Waals surface area contributed by atoms with Crippen LogP contribution in [-0.4, -0.2) is 29.9 Å². The Bertz CT molecular complexity index is 1020. The van der Waals surface area contributed by atoms with Crippen molar-refractivity contribution in [2.75, 3.05) is 11.9 Å². The van der Waals surface area contributed by atoms with Crippen LogP contribution in [0.3, 0.4) is 0 Å². The van der Waals surface area contributed by atoms with Crippen molar-refractivity contribution in [3.05, 3.63) is 102 Å². The predicted octanol–water partition coefficient (Wildman–Crippen LogP) is 5.01. The molecule has 0 unspecified atom stereocenters. The van der Waals surface area contributed by atoms with Crippen molar-refractivity contribution >= 4 is 17.6 Å². The van der Waals surface area contributed by atoms with E-state index in [1.165, 1.54) is 0 Å². The molecule has 3 aromatic rings. The van der Waals surface area contributed by atoms with Gasteiger partial charge in [-0.05, 0) is 42.7 Å². The van der Waals surface area contributed by atoms with Gasteiger partial charge in [0, 0.05) is 25.3 Å². The summed E-state index contributed by atoms with van der Waals surface area (Å²) in [5.41, 5.74) is 3.78. The van der Waals surface area contributed by atoms with E-state index in [-0.39, 0.29) is 24.4 Å². The van der Waals surface area contributed by atoms with Crippen molar-refractivity contribution in [1.29, 1.82) is 0 Å². The maximum atomic E-state index is 12.9. The van der Waals surface area contributed by atoms with Crippen molar-refractivity contribution in [3.8, 4) is 0 Å². The van der Waals surface area contributed by atoms with E-state index in [0.717, 1.165) is 22.4 Å². The molecule has 0 spiro atoms. The topological polar surface area (TPSA) is 52.7 Å². The Morgan fingerprint density at radius 2 is 1.34 bits per heavy atom. The maximum absolute atomic E-state index is 12.9. The molecule has 0 aliphatic carbocycles. The fourth-order valence-electron chi connectivity index (χ4n) is 3.46. The number of carbonyl (C=O) groups excluding carboxylic acids is 2. The third kappa shape index (κ3) is 6.71. The molecule has 0 aromatic heterocycles. The summed E-state index contributed by atoms with van der Waals surface area (Å²) < 4.78 is 0. The Balaban J connectivity index is 1.75. The van der Waals surface area contributed by atoms with E-state index in [9.17, 15) is 9.59 Å². The second-order valence-electron chi connectivity index (χ2n) is 8.26. The number of nitrogens with one attached hydrogen (secondary N) is 1. The standard InChI is InChI=1S/C27H31N3O2/c1-21(2)28-27(32)30(20-23-13-8-5-9-14-23)25-16-10-15-24(17-25)18-26(31)29(3)19-22-11-6-4-7-12-22/h4-17,21H,18-20H2,1-3H3,(H,28,32). The van der Waals surface area contributed by atoms with Crippen LogP contribution < -0.4 is 10.2 Å². The van der Waals surface area contributed by atoms with Gasteiger partial charge in [-0.25, -0.2) is 4.79 Å². The molecule has 0 bridgehead atoms. The normalized spacial score (nSPS) is 10.6. The molecule has 1 N–H and O–H groups in total. The molecule has 0 saturated heterocycles. The van der Waals surface area contributed by atoms with E-state index in [1.807, 2.05) is 106 Å². The first-order valence-electron chi connectivity index (χ1n) is 10.9. The lowest BCUT2D eigenvalue weighted by atomic mass is 10.1. The molecule has 5 nitrogen and oxygen atoms in total. The van der Waals surface area contributed by atoms with Gasteiger partial charge in [-0.3, -0.25) is 9.69 Å². The zero-order valence-electron chi connectivity index (χ0n) is 19.0. The van der Waals surface area contributed by atoms with E-state index >= 15 is 0 Å². The van der Waals surface area contributed by atoms with Gasteiger partial charge in [-0.1, -0.05) is 72.8 Å². The van der Waals surface area contributed by atoms with E-state index in [4.69, 9.17) is 0 Å². The smallest absolute Gasteiger partial charge is 0.322 e. The van der Waals surface area contributed by atoms with Crippen LogP contribution in [0.2, 0.25) is 0 Å². The van der Waals surface area contributed by atoms with Crippen LogP contribution in [0.5, 0.6) is 0 Å². The van der Waals surface area contributed by atoms with Gasteiger partial charge in [0.25, 0.3) is 0 Å². The summed E-state index contributed by atoms with van der Waals surface area (Å²) in [6.07, 6.45) is 0.280. The lowest BCUT2D eigenvalue weighted by molar-refractivity contribution is -0.129. The number of rotatable bonds is 8. The first kappa shape index (κ1) is 23.1. The molecular weight excluding hydrogens is 398 g/mol. The molecule has 166 valence electrons. The Morgan fingerprint density at radius 1 is 0.781 bits per heavy atom. The van der Waals surface area contributed by atoms with Crippen molar-refractivity contribution < 1.29 is 9.59 Å². The summed E-state index contributed by atoms with van der Waals surface area (Å²) in [5, 5.41) is 2.98. The number of nitrogens with zero attached hydrogens (tertiary/aromatic N) is 2. The zero-order valence-corrected chi connectivity index (χ0v) is 19.0. The predicted molar refractivity (Wildman–Crippen MR) is 129 cm³/mol. The van der Waals surface area contributed by atoms with E-state index in [1.54, 1.807) is 9.80 Å². The monoisotopic (exact) mass is 429 g/mol. The molecule has 0 atom stereocenters. The highest BCUT2D eigenvalue weighted by molar-refractivity contribution is 5.92. The molecule has 32 heavy (non-hydrogen) atoms. The fourth-order valence-corrected chi connectivity index (χ4v) is 3.46. The van der Waals surface area contributed by atoms with Crippen molar-refractivity contribution in [3.63, 3.8) is 0 Å². The van der Waals surface area contributed by atoms with Crippen LogP contribution in [0.25, 0.3) is 0 Å². The van der Waals surface area contributed by atoms with E-state index in [0.29, 0.717) is 13.1 Å². The lowest BCUT2D eigenvalue weighted by Crippen LogP contribution is -2.42. The summed E-state index contributed by atoms with van der Waals surface area (Å²) in [4.78, 5) is 29.2. The highest BCUT2D eigenvalue weighted by atomic mass is 16.2. The second-order valence-corrected chi connectivity index (χ2v) is 8.26. The van der Waals surface area contributed by atoms with Crippen molar-refractivity contribution in [1.82, 2.24) is 10.2 Å². The minimum atomic E-state index is -0.159. The SMILES string of the molecule is CC(C)NC(=O)N(Cc1ccccc1)c1cccc(CC(=O)N(C)Cc2ccccc2)c1. The summed E-state index contributed by atoms with van der Waals surface area (Å²) in [7, 11) is 1.82. The van der Waals surface area contributed by atoms with Gasteiger partial charge >= 0.3 is 6.03 Å². The number of anilines is 1. The molecule has 3 amide bonds. The number of amides is 3. The molecule has 0 radical (unpaired) electrons. The largest absolute Gasteiger partial charge is 0.341 e. The Kier molecular flexibility index (Phi) is 8.03. The average Bonchev–Trinajstić information content (AvgIpc) is 2.78. The summed E-state index contributed by atoms with van der Waals surface area (Å²) in [5.74, 6) is 0.0345. The van der Waals surface area contributed by atoms with Gasteiger partial charge in [0.1, 0.15) is 0 Å². The molecule has 0 aliphatic heterocycles.